The van der Waals surface area contributed by atoms with Gasteiger partial charge in [-0.25, -0.2) is 4.79 Å². The molecule has 0 spiro atoms. The van der Waals surface area contributed by atoms with Gasteiger partial charge in [0.25, 0.3) is 0 Å². The fraction of sp³-hybridized carbons (Fsp3) is 0.579. The van der Waals surface area contributed by atoms with Crippen LogP contribution in [0.3, 0.4) is 0 Å². The van der Waals surface area contributed by atoms with Crippen molar-refractivity contribution in [1.29, 1.82) is 0 Å². The van der Waals surface area contributed by atoms with Gasteiger partial charge in [0.05, 0.1) is 7.11 Å². The van der Waals surface area contributed by atoms with Crippen LogP contribution in [0.4, 0.5) is 4.79 Å². The standard InChI is InChI=1S/C19H27N3O3/c1-25-16-7-5-15(6-8-16)19(9-3-2-4-10-19)14-21-18(24)22-12-11-20-17(23)13-22/h5-8H,2-4,9-14H2,1H3,(H,20,23)(H,21,24). The van der Waals surface area contributed by atoms with E-state index in [1.54, 1.807) is 12.0 Å². The van der Waals surface area contributed by atoms with E-state index in [1.165, 1.54) is 24.8 Å². The summed E-state index contributed by atoms with van der Waals surface area (Å²) >= 11 is 0. The van der Waals surface area contributed by atoms with Crippen LogP contribution in [0.1, 0.15) is 37.7 Å². The highest BCUT2D eigenvalue weighted by molar-refractivity contribution is 5.85. The van der Waals surface area contributed by atoms with Crippen molar-refractivity contribution < 1.29 is 14.3 Å². The van der Waals surface area contributed by atoms with Gasteiger partial charge in [-0.1, -0.05) is 31.4 Å². The minimum Gasteiger partial charge on any atom is -0.497 e. The number of nitrogens with zero attached hydrogens (tertiary/aromatic N) is 1. The molecular weight excluding hydrogens is 318 g/mol. The Morgan fingerprint density at radius 2 is 1.96 bits per heavy atom. The van der Waals surface area contributed by atoms with Gasteiger partial charge in [0.15, 0.2) is 0 Å². The normalized spacial score (nSPS) is 19.9. The highest BCUT2D eigenvalue weighted by Crippen LogP contribution is 2.39. The van der Waals surface area contributed by atoms with Gasteiger partial charge in [-0.15, -0.1) is 0 Å². The monoisotopic (exact) mass is 345 g/mol. The van der Waals surface area contributed by atoms with E-state index in [9.17, 15) is 9.59 Å². The summed E-state index contributed by atoms with van der Waals surface area (Å²) in [7, 11) is 1.67. The number of ether oxygens (including phenoxy) is 1. The van der Waals surface area contributed by atoms with Crippen molar-refractivity contribution in [1.82, 2.24) is 15.5 Å². The summed E-state index contributed by atoms with van der Waals surface area (Å²) in [5.74, 6) is 0.752. The van der Waals surface area contributed by atoms with Gasteiger partial charge in [-0.3, -0.25) is 4.79 Å². The summed E-state index contributed by atoms with van der Waals surface area (Å²) < 4.78 is 5.26. The van der Waals surface area contributed by atoms with Crippen LogP contribution in [-0.4, -0.2) is 50.1 Å². The number of hydrogen-bond acceptors (Lipinski definition) is 3. The van der Waals surface area contributed by atoms with Gasteiger partial charge in [0.2, 0.25) is 5.91 Å². The van der Waals surface area contributed by atoms with Crippen LogP contribution in [0.2, 0.25) is 0 Å². The predicted octanol–water partition coefficient (Wildman–Crippen LogP) is 2.04. The van der Waals surface area contributed by atoms with Gasteiger partial charge < -0.3 is 20.3 Å². The number of nitrogens with one attached hydrogen (secondary N) is 2. The molecule has 25 heavy (non-hydrogen) atoms. The number of rotatable bonds is 4. The minimum atomic E-state index is -0.145. The lowest BCUT2D eigenvalue weighted by Gasteiger charge is -2.39. The second kappa shape index (κ2) is 7.76. The first kappa shape index (κ1) is 17.6. The average Bonchev–Trinajstić information content (AvgIpc) is 2.67. The van der Waals surface area contributed by atoms with E-state index < -0.39 is 0 Å². The Hall–Kier alpha value is -2.24. The van der Waals surface area contributed by atoms with Crippen molar-refractivity contribution in [2.45, 2.75) is 37.5 Å². The molecule has 1 saturated heterocycles. The van der Waals surface area contributed by atoms with Crippen molar-refractivity contribution >= 4 is 11.9 Å². The molecule has 6 heteroatoms. The fourth-order valence-electron chi connectivity index (χ4n) is 3.91. The summed E-state index contributed by atoms with van der Waals surface area (Å²) in [4.78, 5) is 25.5. The number of carbonyl (C=O) groups excluding carboxylic acids is 2. The second-order valence-electron chi connectivity index (χ2n) is 7.00. The summed E-state index contributed by atoms with van der Waals surface area (Å²) in [6.07, 6.45) is 5.74. The third kappa shape index (κ3) is 4.06. The first-order chi connectivity index (χ1) is 12.1. The Kier molecular flexibility index (Phi) is 5.46. The molecule has 3 amide bonds. The highest BCUT2D eigenvalue weighted by atomic mass is 16.5. The van der Waals surface area contributed by atoms with Crippen molar-refractivity contribution in [2.75, 3.05) is 33.3 Å². The van der Waals surface area contributed by atoms with Gasteiger partial charge in [-0.2, -0.15) is 0 Å². The van der Waals surface area contributed by atoms with E-state index >= 15 is 0 Å². The first-order valence-electron chi connectivity index (χ1n) is 9.07. The van der Waals surface area contributed by atoms with Crippen LogP contribution in [0.5, 0.6) is 5.75 Å². The SMILES string of the molecule is COc1ccc(C2(CNC(=O)N3CCNC(=O)C3)CCCCC2)cc1. The number of benzene rings is 1. The Balaban J connectivity index is 1.69. The zero-order chi connectivity index (χ0) is 17.7. The van der Waals surface area contributed by atoms with Gasteiger partial charge >= 0.3 is 6.03 Å². The highest BCUT2D eigenvalue weighted by Gasteiger charge is 2.35. The number of carbonyl (C=O) groups is 2. The molecule has 1 aromatic rings. The molecule has 136 valence electrons. The van der Waals surface area contributed by atoms with Crippen LogP contribution in [0, 0.1) is 0 Å². The van der Waals surface area contributed by atoms with Crippen LogP contribution in [-0.2, 0) is 10.2 Å². The maximum atomic E-state index is 12.5. The van der Waals surface area contributed by atoms with Gasteiger partial charge in [0, 0.05) is 25.0 Å². The maximum absolute atomic E-state index is 12.5. The van der Waals surface area contributed by atoms with E-state index in [-0.39, 0.29) is 23.9 Å². The zero-order valence-corrected chi connectivity index (χ0v) is 14.8. The topological polar surface area (TPSA) is 70.7 Å². The smallest absolute Gasteiger partial charge is 0.317 e. The fourth-order valence-corrected chi connectivity index (χ4v) is 3.91. The molecule has 2 fully saturated rings. The van der Waals surface area contributed by atoms with E-state index in [4.69, 9.17) is 4.74 Å². The molecule has 0 radical (unpaired) electrons. The Bertz CT molecular complexity index is 609. The molecule has 1 heterocycles. The predicted molar refractivity (Wildman–Crippen MR) is 95.7 cm³/mol. The third-order valence-corrected chi connectivity index (χ3v) is 5.42. The van der Waals surface area contributed by atoms with Crippen LogP contribution in [0.15, 0.2) is 24.3 Å². The van der Waals surface area contributed by atoms with Crippen molar-refractivity contribution in [2.24, 2.45) is 0 Å². The number of piperazine rings is 1. The lowest BCUT2D eigenvalue weighted by Crippen LogP contribution is -2.54. The Morgan fingerprint density at radius 1 is 1.24 bits per heavy atom. The van der Waals surface area contributed by atoms with E-state index in [0.717, 1.165) is 18.6 Å². The first-order valence-corrected chi connectivity index (χ1v) is 9.07. The molecule has 0 aromatic heterocycles. The lowest BCUT2D eigenvalue weighted by molar-refractivity contribution is -0.123. The minimum absolute atomic E-state index is 0.0295. The Morgan fingerprint density at radius 3 is 2.60 bits per heavy atom. The summed E-state index contributed by atoms with van der Waals surface area (Å²) in [5, 5.41) is 5.83. The van der Waals surface area contributed by atoms with Gasteiger partial charge in [-0.05, 0) is 30.5 Å². The number of urea groups is 1. The molecule has 0 bridgehead atoms. The molecule has 0 atom stereocenters. The van der Waals surface area contributed by atoms with Crippen molar-refractivity contribution in [3.63, 3.8) is 0 Å². The maximum Gasteiger partial charge on any atom is 0.317 e. The second-order valence-corrected chi connectivity index (χ2v) is 7.00. The summed E-state index contributed by atoms with van der Waals surface area (Å²) in [6, 6.07) is 8.06. The molecule has 6 nitrogen and oxygen atoms in total. The zero-order valence-electron chi connectivity index (χ0n) is 14.8. The van der Waals surface area contributed by atoms with E-state index in [1.807, 2.05) is 12.1 Å². The molecule has 0 unspecified atom stereocenters. The number of amides is 3. The van der Waals surface area contributed by atoms with Crippen LogP contribution >= 0.6 is 0 Å². The summed E-state index contributed by atoms with van der Waals surface area (Å²) in [6.45, 7) is 1.83. The van der Waals surface area contributed by atoms with E-state index in [2.05, 4.69) is 22.8 Å². The van der Waals surface area contributed by atoms with E-state index in [0.29, 0.717) is 19.6 Å². The molecule has 1 saturated carbocycles. The Labute approximate surface area is 148 Å². The molecule has 2 aliphatic rings. The van der Waals surface area contributed by atoms with Gasteiger partial charge in [0.1, 0.15) is 12.3 Å². The molecular formula is C19H27N3O3. The summed E-state index contributed by atoms with van der Waals surface area (Å²) in [5.41, 5.74) is 1.22. The third-order valence-electron chi connectivity index (χ3n) is 5.42. The molecule has 1 aliphatic heterocycles. The van der Waals surface area contributed by atoms with Crippen LogP contribution < -0.4 is 15.4 Å². The molecule has 1 aliphatic carbocycles. The number of hydrogen-bond donors (Lipinski definition) is 2. The average molecular weight is 345 g/mol. The molecule has 3 rings (SSSR count). The van der Waals surface area contributed by atoms with Crippen molar-refractivity contribution in [3.05, 3.63) is 29.8 Å². The number of methoxy groups -OCH3 is 1. The molecule has 1 aromatic carbocycles. The van der Waals surface area contributed by atoms with Crippen molar-refractivity contribution in [3.8, 4) is 5.75 Å². The quantitative estimate of drug-likeness (QED) is 0.877. The largest absolute Gasteiger partial charge is 0.497 e. The van der Waals surface area contributed by atoms with Crippen LogP contribution in [0.25, 0.3) is 0 Å². The molecule has 2 N–H and O–H groups in total. The lowest BCUT2D eigenvalue weighted by atomic mass is 9.69.